The molecule has 0 aliphatic rings. The van der Waals surface area contributed by atoms with Gasteiger partial charge in [0.15, 0.2) is 11.7 Å². The van der Waals surface area contributed by atoms with Gasteiger partial charge >= 0.3 is 5.97 Å². The number of esters is 1. The fourth-order valence-corrected chi connectivity index (χ4v) is 3.87. The number of carbonyl (C=O) groups excluding carboxylic acids is 2. The number of aryl methyl sites for hydroxylation is 2. The monoisotopic (exact) mass is 414 g/mol. The molecule has 0 saturated heterocycles. The van der Waals surface area contributed by atoms with Gasteiger partial charge in [0.05, 0.1) is 20.7 Å². The molecule has 0 spiro atoms. The first-order chi connectivity index (χ1) is 13.8. The van der Waals surface area contributed by atoms with Crippen LogP contribution in [0.2, 0.25) is 0 Å². The molecular weight excluding hydrogens is 396 g/mol. The third-order valence-corrected chi connectivity index (χ3v) is 5.03. The molecule has 0 aliphatic carbocycles. The lowest BCUT2D eigenvalue weighted by molar-refractivity contribution is -0.384. The van der Waals surface area contributed by atoms with Crippen LogP contribution < -0.4 is 10.6 Å². The van der Waals surface area contributed by atoms with Gasteiger partial charge in [0.25, 0.3) is 11.6 Å². The lowest BCUT2D eigenvalue weighted by Gasteiger charge is -2.06. The third-order valence-electron chi connectivity index (χ3n) is 4.11. The summed E-state index contributed by atoms with van der Waals surface area (Å²) in [6, 6.07) is 7.88. The smallest absolute Gasteiger partial charge is 0.338 e. The molecule has 0 atom stereocenters. The zero-order chi connectivity index (χ0) is 21.1. The molecule has 29 heavy (non-hydrogen) atoms. The number of amides is 1. The highest BCUT2D eigenvalue weighted by atomic mass is 32.1. The van der Waals surface area contributed by atoms with Gasteiger partial charge in [-0.3, -0.25) is 20.2 Å². The maximum Gasteiger partial charge on any atom is 0.338 e. The van der Waals surface area contributed by atoms with Gasteiger partial charge in [-0.05, 0) is 43.2 Å². The summed E-state index contributed by atoms with van der Waals surface area (Å²) in [7, 11) is 1.54. The molecule has 3 aromatic rings. The van der Waals surface area contributed by atoms with E-state index in [-0.39, 0.29) is 16.9 Å². The number of nitro groups is 1. The summed E-state index contributed by atoms with van der Waals surface area (Å²) in [4.78, 5) is 39.1. The highest BCUT2D eigenvalue weighted by Gasteiger charge is 2.19. The van der Waals surface area contributed by atoms with Gasteiger partial charge in [0, 0.05) is 13.1 Å². The van der Waals surface area contributed by atoms with Crippen LogP contribution in [-0.2, 0) is 9.53 Å². The number of anilines is 2. The van der Waals surface area contributed by atoms with E-state index in [9.17, 15) is 19.7 Å². The van der Waals surface area contributed by atoms with Gasteiger partial charge in [0.1, 0.15) is 5.69 Å². The number of fused-ring (bicyclic) bond motifs is 1. The van der Waals surface area contributed by atoms with Gasteiger partial charge in [-0.25, -0.2) is 9.78 Å². The first-order valence-corrected chi connectivity index (χ1v) is 9.41. The predicted molar refractivity (Wildman–Crippen MR) is 111 cm³/mol. The summed E-state index contributed by atoms with van der Waals surface area (Å²) < 4.78 is 5.92. The Morgan fingerprint density at radius 2 is 2.00 bits per heavy atom. The average Bonchev–Trinajstić information content (AvgIpc) is 3.07. The molecule has 0 bridgehead atoms. The molecule has 2 aromatic carbocycles. The zero-order valence-electron chi connectivity index (χ0n) is 15.9. The van der Waals surface area contributed by atoms with Crippen LogP contribution in [0.5, 0.6) is 0 Å². The standard InChI is InChI=1S/C19H18N4O5S/c1-10-6-11(2)17-15(7-10)29-19(22-17)21-16(24)9-28-18(25)12-4-5-13(20-3)14(8-12)23(26)27/h4-8,20H,9H2,1-3H3,(H,21,22,24). The molecule has 10 heteroatoms. The molecule has 0 aliphatic heterocycles. The van der Waals surface area contributed by atoms with Gasteiger partial charge in [-0.2, -0.15) is 0 Å². The van der Waals surface area contributed by atoms with Crippen molar-refractivity contribution in [2.75, 3.05) is 24.3 Å². The SMILES string of the molecule is CNc1ccc(C(=O)OCC(=O)Nc2nc3c(C)cc(C)cc3s2)cc1[N+](=O)[O-]. The normalized spacial score (nSPS) is 10.6. The summed E-state index contributed by atoms with van der Waals surface area (Å²) in [5, 5.41) is 16.8. The molecule has 0 radical (unpaired) electrons. The van der Waals surface area contributed by atoms with Crippen LogP contribution in [0.25, 0.3) is 10.2 Å². The van der Waals surface area contributed by atoms with Crippen molar-refractivity contribution in [3.05, 3.63) is 57.1 Å². The lowest BCUT2D eigenvalue weighted by Crippen LogP contribution is -2.20. The largest absolute Gasteiger partial charge is 0.452 e. The van der Waals surface area contributed by atoms with Crippen LogP contribution >= 0.6 is 11.3 Å². The maximum atomic E-state index is 12.1. The minimum absolute atomic E-state index is 0.0189. The van der Waals surface area contributed by atoms with Gasteiger partial charge in [-0.1, -0.05) is 17.4 Å². The summed E-state index contributed by atoms with van der Waals surface area (Å²) in [5.41, 5.74) is 2.91. The Morgan fingerprint density at radius 3 is 2.69 bits per heavy atom. The number of aromatic nitrogens is 1. The summed E-state index contributed by atoms with van der Waals surface area (Å²) in [6.07, 6.45) is 0. The van der Waals surface area contributed by atoms with Crippen LogP contribution in [0.1, 0.15) is 21.5 Å². The first kappa shape index (κ1) is 20.2. The number of hydrogen-bond donors (Lipinski definition) is 2. The molecule has 0 unspecified atom stereocenters. The van der Waals surface area contributed by atoms with Crippen molar-refractivity contribution in [2.24, 2.45) is 0 Å². The molecule has 2 N–H and O–H groups in total. The minimum atomic E-state index is -0.832. The van der Waals surface area contributed by atoms with Gasteiger partial charge < -0.3 is 10.1 Å². The number of nitro benzene ring substituents is 1. The summed E-state index contributed by atoms with van der Waals surface area (Å²) in [5.74, 6) is -1.38. The van der Waals surface area contributed by atoms with Crippen molar-refractivity contribution < 1.29 is 19.2 Å². The van der Waals surface area contributed by atoms with E-state index in [0.29, 0.717) is 5.13 Å². The fourth-order valence-electron chi connectivity index (χ4n) is 2.81. The van der Waals surface area contributed by atoms with E-state index < -0.39 is 23.4 Å². The van der Waals surface area contributed by atoms with Crippen molar-refractivity contribution in [3.63, 3.8) is 0 Å². The first-order valence-electron chi connectivity index (χ1n) is 8.59. The van der Waals surface area contributed by atoms with Crippen molar-refractivity contribution >= 4 is 49.9 Å². The highest BCUT2D eigenvalue weighted by Crippen LogP contribution is 2.29. The van der Waals surface area contributed by atoms with Crippen molar-refractivity contribution in [1.29, 1.82) is 0 Å². The van der Waals surface area contributed by atoms with Crippen LogP contribution in [0, 0.1) is 24.0 Å². The predicted octanol–water partition coefficient (Wildman–Crippen LogP) is 3.66. The Bertz CT molecular complexity index is 1130. The Morgan fingerprint density at radius 1 is 1.24 bits per heavy atom. The van der Waals surface area contributed by atoms with E-state index in [1.54, 1.807) is 0 Å². The van der Waals surface area contributed by atoms with Crippen molar-refractivity contribution in [2.45, 2.75) is 13.8 Å². The number of hydrogen-bond acceptors (Lipinski definition) is 8. The van der Waals surface area contributed by atoms with E-state index >= 15 is 0 Å². The lowest BCUT2D eigenvalue weighted by atomic mass is 10.1. The molecule has 9 nitrogen and oxygen atoms in total. The molecule has 1 heterocycles. The highest BCUT2D eigenvalue weighted by molar-refractivity contribution is 7.22. The van der Waals surface area contributed by atoms with Crippen molar-refractivity contribution in [3.8, 4) is 0 Å². The number of benzene rings is 2. The van der Waals surface area contributed by atoms with E-state index in [1.165, 1.54) is 30.5 Å². The van der Waals surface area contributed by atoms with E-state index in [2.05, 4.69) is 15.6 Å². The molecule has 1 aromatic heterocycles. The number of carbonyl (C=O) groups is 2. The van der Waals surface area contributed by atoms with Crippen molar-refractivity contribution in [1.82, 2.24) is 4.98 Å². The molecule has 0 fully saturated rings. The second kappa shape index (κ2) is 8.23. The second-order valence-corrected chi connectivity index (χ2v) is 7.34. The number of nitrogens with one attached hydrogen (secondary N) is 2. The molecule has 150 valence electrons. The number of rotatable bonds is 6. The van der Waals surface area contributed by atoms with Gasteiger partial charge in [0.2, 0.25) is 0 Å². The molecule has 0 saturated carbocycles. The van der Waals surface area contributed by atoms with E-state index in [4.69, 9.17) is 4.74 Å². The van der Waals surface area contributed by atoms with Crippen LogP contribution in [0.15, 0.2) is 30.3 Å². The summed E-state index contributed by atoms with van der Waals surface area (Å²) >= 11 is 1.33. The quantitative estimate of drug-likeness (QED) is 0.358. The average molecular weight is 414 g/mol. The number of thiazole rings is 1. The number of ether oxygens (including phenoxy) is 1. The molecule has 3 rings (SSSR count). The molecular formula is C19H18N4O5S. The van der Waals surface area contributed by atoms with Crippen LogP contribution in [0.4, 0.5) is 16.5 Å². The number of nitrogens with zero attached hydrogens (tertiary/aromatic N) is 2. The van der Waals surface area contributed by atoms with E-state index in [1.807, 2.05) is 26.0 Å². The van der Waals surface area contributed by atoms with E-state index in [0.717, 1.165) is 27.4 Å². The minimum Gasteiger partial charge on any atom is -0.452 e. The topological polar surface area (TPSA) is 123 Å². The zero-order valence-corrected chi connectivity index (χ0v) is 16.8. The Balaban J connectivity index is 1.65. The van der Waals surface area contributed by atoms with Gasteiger partial charge in [-0.15, -0.1) is 0 Å². The Labute approximate surface area is 169 Å². The Hall–Kier alpha value is -3.53. The van der Waals surface area contributed by atoms with Crippen LogP contribution in [0.3, 0.4) is 0 Å². The third kappa shape index (κ3) is 4.49. The Kier molecular flexibility index (Phi) is 5.74. The fraction of sp³-hybridized carbons (Fsp3) is 0.211. The summed E-state index contributed by atoms with van der Waals surface area (Å²) in [6.45, 7) is 3.40. The molecule has 1 amide bonds. The van der Waals surface area contributed by atoms with Crippen LogP contribution in [-0.4, -0.2) is 35.4 Å². The maximum absolute atomic E-state index is 12.1. The second-order valence-electron chi connectivity index (χ2n) is 6.31.